The number of amides is 1. The normalized spacial score (nSPS) is 10.8. The van der Waals surface area contributed by atoms with Crippen molar-refractivity contribution in [1.29, 1.82) is 0 Å². The van der Waals surface area contributed by atoms with Gasteiger partial charge in [0.25, 0.3) is 5.91 Å². The van der Waals surface area contributed by atoms with Crippen LogP contribution < -0.4 is 10.1 Å². The number of nitrogens with one attached hydrogen (secondary N) is 1. The Bertz CT molecular complexity index is 873. The monoisotopic (exact) mass is 363 g/mol. The number of nitrogens with zero attached hydrogens (tertiary/aromatic N) is 2. The Kier molecular flexibility index (Phi) is 6.26. The molecule has 0 atom stereocenters. The number of carbonyl (C=O) groups excluding carboxylic acids is 1. The fourth-order valence-corrected chi connectivity index (χ4v) is 2.81. The Hall–Kier alpha value is -3.08. The lowest BCUT2D eigenvalue weighted by atomic mass is 10.0. The Morgan fingerprint density at radius 3 is 2.67 bits per heavy atom. The third-order valence-electron chi connectivity index (χ3n) is 4.38. The summed E-state index contributed by atoms with van der Waals surface area (Å²) >= 11 is 0. The van der Waals surface area contributed by atoms with Crippen LogP contribution in [0.5, 0.6) is 5.75 Å². The zero-order chi connectivity index (χ0) is 19.1. The van der Waals surface area contributed by atoms with Crippen LogP contribution in [-0.4, -0.2) is 22.3 Å². The third-order valence-corrected chi connectivity index (χ3v) is 4.38. The predicted molar refractivity (Wildman–Crippen MR) is 106 cm³/mol. The van der Waals surface area contributed by atoms with Gasteiger partial charge in [0.2, 0.25) is 0 Å². The molecule has 1 amide bonds. The predicted octanol–water partition coefficient (Wildman–Crippen LogP) is 3.75. The number of ether oxygens (including phenoxy) is 1. The van der Waals surface area contributed by atoms with E-state index < -0.39 is 0 Å². The summed E-state index contributed by atoms with van der Waals surface area (Å²) in [6, 6.07) is 17.8. The van der Waals surface area contributed by atoms with Crippen LogP contribution in [0.1, 0.15) is 36.5 Å². The highest BCUT2D eigenvalue weighted by Gasteiger charge is 2.07. The molecular formula is C22H25N3O2. The van der Waals surface area contributed by atoms with Crippen molar-refractivity contribution >= 4 is 5.91 Å². The van der Waals surface area contributed by atoms with Crippen LogP contribution in [0.2, 0.25) is 0 Å². The van der Waals surface area contributed by atoms with Crippen molar-refractivity contribution in [3.63, 3.8) is 0 Å². The molecule has 27 heavy (non-hydrogen) atoms. The van der Waals surface area contributed by atoms with E-state index in [0.29, 0.717) is 19.0 Å². The van der Waals surface area contributed by atoms with E-state index >= 15 is 0 Å². The van der Waals surface area contributed by atoms with Crippen LogP contribution >= 0.6 is 0 Å². The molecule has 0 fully saturated rings. The van der Waals surface area contributed by atoms with Gasteiger partial charge in [0.15, 0.2) is 6.61 Å². The number of aromatic nitrogens is 2. The van der Waals surface area contributed by atoms with E-state index in [0.717, 1.165) is 16.9 Å². The van der Waals surface area contributed by atoms with Gasteiger partial charge < -0.3 is 10.1 Å². The molecule has 0 aliphatic rings. The number of hydrogen-bond acceptors (Lipinski definition) is 3. The minimum absolute atomic E-state index is 0.00285. The van der Waals surface area contributed by atoms with Crippen molar-refractivity contribution in [3.8, 4) is 5.75 Å². The van der Waals surface area contributed by atoms with Crippen molar-refractivity contribution in [1.82, 2.24) is 15.1 Å². The molecular weight excluding hydrogens is 338 g/mol. The van der Waals surface area contributed by atoms with Gasteiger partial charge in [-0.15, -0.1) is 0 Å². The Labute approximate surface area is 160 Å². The zero-order valence-electron chi connectivity index (χ0n) is 15.8. The van der Waals surface area contributed by atoms with Gasteiger partial charge in [-0.2, -0.15) is 5.10 Å². The molecule has 0 bridgehead atoms. The van der Waals surface area contributed by atoms with Gasteiger partial charge in [0.05, 0.1) is 6.54 Å². The average molecular weight is 363 g/mol. The fraction of sp³-hybridized carbons (Fsp3) is 0.273. The van der Waals surface area contributed by atoms with E-state index in [9.17, 15) is 4.79 Å². The Morgan fingerprint density at radius 2 is 1.93 bits per heavy atom. The molecule has 3 aromatic rings. The molecule has 5 heteroatoms. The fourth-order valence-electron chi connectivity index (χ4n) is 2.81. The molecule has 0 saturated heterocycles. The molecule has 3 rings (SSSR count). The summed E-state index contributed by atoms with van der Waals surface area (Å²) in [4.78, 5) is 12.2. The number of carbonyl (C=O) groups is 1. The third kappa shape index (κ3) is 5.45. The van der Waals surface area contributed by atoms with Gasteiger partial charge >= 0.3 is 0 Å². The first kappa shape index (κ1) is 18.7. The Morgan fingerprint density at radius 1 is 1.11 bits per heavy atom. The number of rotatable bonds is 8. The molecule has 0 unspecified atom stereocenters. The maximum Gasteiger partial charge on any atom is 0.258 e. The van der Waals surface area contributed by atoms with Crippen LogP contribution in [0.4, 0.5) is 0 Å². The lowest BCUT2D eigenvalue weighted by Crippen LogP contribution is -2.28. The first-order valence-corrected chi connectivity index (χ1v) is 9.15. The second-order valence-electron chi connectivity index (χ2n) is 6.76. The standard InChI is InChI=1S/C22H25N3O2/c1-17(2)18-9-5-10-21(13-18)27-16-22(26)23-14-19-7-3-4-8-20(19)15-25-12-6-11-24-25/h3-13,17H,14-16H2,1-2H3,(H,23,26). The molecule has 5 nitrogen and oxygen atoms in total. The first-order valence-electron chi connectivity index (χ1n) is 9.15. The number of benzene rings is 2. The van der Waals surface area contributed by atoms with Crippen molar-refractivity contribution in [2.45, 2.75) is 32.9 Å². The summed E-state index contributed by atoms with van der Waals surface area (Å²) in [6.45, 7) is 5.41. The van der Waals surface area contributed by atoms with E-state index in [1.165, 1.54) is 5.56 Å². The van der Waals surface area contributed by atoms with Crippen molar-refractivity contribution in [2.24, 2.45) is 0 Å². The van der Waals surface area contributed by atoms with E-state index in [1.54, 1.807) is 6.20 Å². The molecule has 1 heterocycles. The molecule has 140 valence electrons. The molecule has 0 aliphatic carbocycles. The van der Waals surface area contributed by atoms with Crippen molar-refractivity contribution in [2.75, 3.05) is 6.61 Å². The van der Waals surface area contributed by atoms with E-state index in [2.05, 4.69) is 36.4 Å². The van der Waals surface area contributed by atoms with Gasteiger partial charge in [0, 0.05) is 18.9 Å². The van der Waals surface area contributed by atoms with Crippen LogP contribution in [-0.2, 0) is 17.9 Å². The summed E-state index contributed by atoms with van der Waals surface area (Å²) in [5.74, 6) is 1.00. The lowest BCUT2D eigenvalue weighted by Gasteiger charge is -2.12. The summed E-state index contributed by atoms with van der Waals surface area (Å²) in [7, 11) is 0. The van der Waals surface area contributed by atoms with Crippen LogP contribution in [0, 0.1) is 0 Å². The van der Waals surface area contributed by atoms with E-state index in [1.807, 2.05) is 53.3 Å². The highest BCUT2D eigenvalue weighted by Crippen LogP contribution is 2.20. The van der Waals surface area contributed by atoms with Gasteiger partial charge in [-0.05, 0) is 40.8 Å². The molecule has 0 aliphatic heterocycles. The first-order chi connectivity index (χ1) is 13.1. The average Bonchev–Trinajstić information content (AvgIpc) is 3.19. The summed E-state index contributed by atoms with van der Waals surface area (Å²) in [5.41, 5.74) is 3.40. The SMILES string of the molecule is CC(C)c1cccc(OCC(=O)NCc2ccccc2Cn2cccn2)c1. The summed E-state index contributed by atoms with van der Waals surface area (Å²) < 4.78 is 7.50. The van der Waals surface area contributed by atoms with E-state index in [-0.39, 0.29) is 12.5 Å². The molecule has 2 aromatic carbocycles. The van der Waals surface area contributed by atoms with E-state index in [4.69, 9.17) is 4.74 Å². The van der Waals surface area contributed by atoms with Gasteiger partial charge in [-0.3, -0.25) is 9.48 Å². The van der Waals surface area contributed by atoms with Crippen molar-refractivity contribution < 1.29 is 9.53 Å². The lowest BCUT2D eigenvalue weighted by molar-refractivity contribution is -0.123. The minimum Gasteiger partial charge on any atom is -0.484 e. The van der Waals surface area contributed by atoms with Crippen LogP contribution in [0.15, 0.2) is 67.0 Å². The van der Waals surface area contributed by atoms with Crippen LogP contribution in [0.25, 0.3) is 0 Å². The highest BCUT2D eigenvalue weighted by molar-refractivity contribution is 5.77. The second kappa shape index (κ2) is 9.03. The smallest absolute Gasteiger partial charge is 0.258 e. The molecule has 0 saturated carbocycles. The molecule has 0 spiro atoms. The maximum absolute atomic E-state index is 12.2. The Balaban J connectivity index is 1.53. The summed E-state index contributed by atoms with van der Waals surface area (Å²) in [6.07, 6.45) is 3.69. The second-order valence-corrected chi connectivity index (χ2v) is 6.76. The van der Waals surface area contributed by atoms with Gasteiger partial charge in [0.1, 0.15) is 5.75 Å². The molecule has 0 radical (unpaired) electrons. The zero-order valence-corrected chi connectivity index (χ0v) is 15.8. The topological polar surface area (TPSA) is 56.1 Å². The summed E-state index contributed by atoms with van der Waals surface area (Å²) in [5, 5.41) is 7.17. The van der Waals surface area contributed by atoms with Gasteiger partial charge in [-0.1, -0.05) is 50.2 Å². The number of hydrogen-bond donors (Lipinski definition) is 1. The van der Waals surface area contributed by atoms with Crippen molar-refractivity contribution in [3.05, 3.63) is 83.7 Å². The highest BCUT2D eigenvalue weighted by atomic mass is 16.5. The minimum atomic E-state index is -0.140. The molecule has 1 aromatic heterocycles. The molecule has 1 N–H and O–H groups in total. The largest absolute Gasteiger partial charge is 0.484 e. The maximum atomic E-state index is 12.2. The van der Waals surface area contributed by atoms with Crippen LogP contribution in [0.3, 0.4) is 0 Å². The van der Waals surface area contributed by atoms with Gasteiger partial charge in [-0.25, -0.2) is 0 Å². The quantitative estimate of drug-likeness (QED) is 0.663.